The first-order valence-corrected chi connectivity index (χ1v) is 7.95. The maximum absolute atomic E-state index is 12.6. The topological polar surface area (TPSA) is 59.5 Å². The summed E-state index contributed by atoms with van der Waals surface area (Å²) in [7, 11) is -0.767. The van der Waals surface area contributed by atoms with Gasteiger partial charge in [0.2, 0.25) is 10.0 Å². The van der Waals surface area contributed by atoms with Gasteiger partial charge < -0.3 is 4.74 Å². The third kappa shape index (κ3) is 3.53. The largest absolute Gasteiger partial charge is 0.495 e. The molecule has 0 amide bonds. The van der Waals surface area contributed by atoms with Gasteiger partial charge in [-0.2, -0.15) is 4.31 Å². The van der Waals surface area contributed by atoms with Crippen LogP contribution in [0.4, 0.5) is 0 Å². The molecule has 0 aliphatic heterocycles. The molecule has 0 bridgehead atoms. The van der Waals surface area contributed by atoms with Gasteiger partial charge in [0.1, 0.15) is 10.6 Å². The van der Waals surface area contributed by atoms with E-state index in [4.69, 9.17) is 16.3 Å². The molecule has 0 radical (unpaired) electrons. The van der Waals surface area contributed by atoms with Gasteiger partial charge in [-0.15, -0.1) is 0 Å². The van der Waals surface area contributed by atoms with Gasteiger partial charge >= 0.3 is 0 Å². The number of aromatic nitrogens is 1. The number of sulfonamides is 1. The lowest BCUT2D eigenvalue weighted by atomic mass is 10.3. The van der Waals surface area contributed by atoms with Crippen LogP contribution in [0.2, 0.25) is 5.02 Å². The summed E-state index contributed by atoms with van der Waals surface area (Å²) in [5.41, 5.74) is 0.845. The second-order valence-corrected chi connectivity index (χ2v) is 6.86. The van der Waals surface area contributed by atoms with Crippen molar-refractivity contribution in [2.24, 2.45) is 0 Å². The van der Waals surface area contributed by atoms with Gasteiger partial charge in [-0.1, -0.05) is 11.6 Å². The van der Waals surface area contributed by atoms with Gasteiger partial charge in [-0.25, -0.2) is 8.42 Å². The summed E-state index contributed by atoms with van der Waals surface area (Å²) in [6, 6.07) is 8.04. The van der Waals surface area contributed by atoms with Crippen molar-refractivity contribution >= 4 is 21.6 Å². The lowest BCUT2D eigenvalue weighted by Crippen LogP contribution is -2.27. The average molecular weight is 327 g/mol. The molecular weight excluding hydrogens is 312 g/mol. The summed E-state index contributed by atoms with van der Waals surface area (Å²) >= 11 is 5.90. The summed E-state index contributed by atoms with van der Waals surface area (Å²) in [5, 5.41) is 0.340. The minimum atomic E-state index is -3.70. The van der Waals surface area contributed by atoms with Crippen LogP contribution in [-0.4, -0.2) is 31.9 Å². The molecule has 2 rings (SSSR count). The van der Waals surface area contributed by atoms with Crippen molar-refractivity contribution in [3.05, 3.63) is 53.3 Å². The fourth-order valence-electron chi connectivity index (χ4n) is 1.85. The van der Waals surface area contributed by atoms with Gasteiger partial charge in [-0.3, -0.25) is 4.98 Å². The number of hydrogen-bond donors (Lipinski definition) is 0. The molecule has 0 saturated heterocycles. The Bertz CT molecular complexity index is 720. The minimum Gasteiger partial charge on any atom is -0.495 e. The van der Waals surface area contributed by atoms with Gasteiger partial charge in [0.15, 0.2) is 0 Å². The molecular formula is C14H15ClN2O3S. The highest BCUT2D eigenvalue weighted by atomic mass is 35.5. The SMILES string of the molecule is COc1ccc(Cl)cc1S(=O)(=O)N(C)Cc1ccncc1. The van der Waals surface area contributed by atoms with Crippen molar-refractivity contribution in [1.82, 2.24) is 9.29 Å². The summed E-state index contributed by atoms with van der Waals surface area (Å²) in [4.78, 5) is 3.96. The Kier molecular flexibility index (Phi) is 4.82. The van der Waals surface area contributed by atoms with Gasteiger partial charge in [0.05, 0.1) is 7.11 Å². The first kappa shape index (κ1) is 15.8. The van der Waals surface area contributed by atoms with Crippen LogP contribution in [0, 0.1) is 0 Å². The van der Waals surface area contributed by atoms with E-state index >= 15 is 0 Å². The van der Waals surface area contributed by atoms with E-state index in [1.54, 1.807) is 30.6 Å². The van der Waals surface area contributed by atoms with E-state index in [1.165, 1.54) is 30.6 Å². The predicted molar refractivity (Wildman–Crippen MR) is 80.9 cm³/mol. The predicted octanol–water partition coefficient (Wildman–Crippen LogP) is 2.56. The molecule has 0 unspecified atom stereocenters. The van der Waals surface area contributed by atoms with E-state index in [0.29, 0.717) is 5.02 Å². The molecule has 1 heterocycles. The van der Waals surface area contributed by atoms with Gasteiger partial charge in [-0.05, 0) is 35.9 Å². The van der Waals surface area contributed by atoms with Crippen molar-refractivity contribution in [2.75, 3.05) is 14.2 Å². The Balaban J connectivity index is 2.35. The molecule has 0 aliphatic rings. The number of rotatable bonds is 5. The van der Waals surface area contributed by atoms with E-state index in [0.717, 1.165) is 5.56 Å². The molecule has 2 aromatic rings. The zero-order valence-electron chi connectivity index (χ0n) is 11.7. The highest BCUT2D eigenvalue weighted by molar-refractivity contribution is 7.89. The number of hydrogen-bond acceptors (Lipinski definition) is 4. The van der Waals surface area contributed by atoms with E-state index in [2.05, 4.69) is 4.98 Å². The van der Waals surface area contributed by atoms with Crippen LogP contribution < -0.4 is 4.74 Å². The number of halogens is 1. The van der Waals surface area contributed by atoms with E-state index in [-0.39, 0.29) is 17.2 Å². The molecule has 0 atom stereocenters. The summed E-state index contributed by atoms with van der Waals surface area (Å²) < 4.78 is 31.6. The van der Waals surface area contributed by atoms with Crippen LogP contribution in [0.15, 0.2) is 47.6 Å². The number of methoxy groups -OCH3 is 1. The quantitative estimate of drug-likeness (QED) is 0.847. The molecule has 0 saturated carbocycles. The number of benzene rings is 1. The molecule has 0 aliphatic carbocycles. The van der Waals surface area contributed by atoms with Gasteiger partial charge in [0, 0.05) is 31.0 Å². The minimum absolute atomic E-state index is 0.0501. The molecule has 7 heteroatoms. The zero-order chi connectivity index (χ0) is 15.5. The Labute approximate surface area is 129 Å². The van der Waals surface area contributed by atoms with Crippen molar-refractivity contribution < 1.29 is 13.2 Å². The summed E-state index contributed by atoms with van der Waals surface area (Å²) in [5.74, 6) is 0.265. The van der Waals surface area contributed by atoms with Crippen LogP contribution in [0.5, 0.6) is 5.75 Å². The third-order valence-corrected chi connectivity index (χ3v) is 5.03. The smallest absolute Gasteiger partial charge is 0.246 e. The maximum atomic E-state index is 12.6. The first-order chi connectivity index (χ1) is 9.95. The van der Waals surface area contributed by atoms with Crippen LogP contribution in [-0.2, 0) is 16.6 Å². The van der Waals surface area contributed by atoms with Crippen molar-refractivity contribution in [1.29, 1.82) is 0 Å². The van der Waals surface area contributed by atoms with Crippen LogP contribution >= 0.6 is 11.6 Å². The summed E-state index contributed by atoms with van der Waals surface area (Å²) in [6.45, 7) is 0.237. The maximum Gasteiger partial charge on any atom is 0.246 e. The number of ether oxygens (including phenoxy) is 1. The molecule has 5 nitrogen and oxygen atoms in total. The van der Waals surface area contributed by atoms with Crippen LogP contribution in [0.1, 0.15) is 5.56 Å². The standard InChI is InChI=1S/C14H15ClN2O3S/c1-17(10-11-5-7-16-8-6-11)21(18,19)14-9-12(15)3-4-13(14)20-2/h3-9H,10H2,1-2H3. The second-order valence-electron chi connectivity index (χ2n) is 4.41. The molecule has 0 fully saturated rings. The Morgan fingerprint density at radius 1 is 1.24 bits per heavy atom. The van der Waals surface area contributed by atoms with E-state index in [9.17, 15) is 8.42 Å². The molecule has 112 valence electrons. The highest BCUT2D eigenvalue weighted by Gasteiger charge is 2.25. The van der Waals surface area contributed by atoms with Crippen LogP contribution in [0.25, 0.3) is 0 Å². The fraction of sp³-hybridized carbons (Fsp3) is 0.214. The zero-order valence-corrected chi connectivity index (χ0v) is 13.2. The number of nitrogens with zero attached hydrogens (tertiary/aromatic N) is 2. The second kappa shape index (κ2) is 6.43. The third-order valence-electron chi connectivity index (χ3n) is 2.97. The number of pyridine rings is 1. The molecule has 0 spiro atoms. The normalized spacial score (nSPS) is 11.6. The first-order valence-electron chi connectivity index (χ1n) is 6.14. The van der Waals surface area contributed by atoms with Gasteiger partial charge in [0.25, 0.3) is 0 Å². The lowest BCUT2D eigenvalue weighted by molar-refractivity contribution is 0.397. The van der Waals surface area contributed by atoms with E-state index < -0.39 is 10.0 Å². The summed E-state index contributed by atoms with van der Waals surface area (Å²) in [6.07, 6.45) is 3.24. The Morgan fingerprint density at radius 3 is 2.52 bits per heavy atom. The van der Waals surface area contributed by atoms with Crippen molar-refractivity contribution in [2.45, 2.75) is 11.4 Å². The van der Waals surface area contributed by atoms with Crippen molar-refractivity contribution in [3.63, 3.8) is 0 Å². The highest BCUT2D eigenvalue weighted by Crippen LogP contribution is 2.29. The molecule has 21 heavy (non-hydrogen) atoms. The Hall–Kier alpha value is -1.63. The van der Waals surface area contributed by atoms with Crippen LogP contribution in [0.3, 0.4) is 0 Å². The lowest BCUT2D eigenvalue weighted by Gasteiger charge is -2.19. The fourth-order valence-corrected chi connectivity index (χ4v) is 3.42. The monoisotopic (exact) mass is 326 g/mol. The molecule has 1 aromatic heterocycles. The molecule has 0 N–H and O–H groups in total. The Morgan fingerprint density at radius 2 is 1.90 bits per heavy atom. The van der Waals surface area contributed by atoms with Crippen molar-refractivity contribution in [3.8, 4) is 5.75 Å². The average Bonchev–Trinajstić information content (AvgIpc) is 2.48. The molecule has 1 aromatic carbocycles. The van der Waals surface area contributed by atoms with E-state index in [1.807, 2.05) is 0 Å².